The van der Waals surface area contributed by atoms with Crippen molar-refractivity contribution in [1.82, 2.24) is 10.2 Å². The molecule has 3 rings (SSSR count). The number of benzene rings is 3. The van der Waals surface area contributed by atoms with Gasteiger partial charge in [0.25, 0.3) is 0 Å². The van der Waals surface area contributed by atoms with E-state index in [2.05, 4.69) is 28.2 Å². The number of nitrogens with zero attached hydrogens (tertiary/aromatic N) is 1. The minimum Gasteiger partial charge on any atom is -0.354 e. The number of aryl methyl sites for hydroxylation is 1. The van der Waals surface area contributed by atoms with Crippen LogP contribution in [0, 0.1) is 6.92 Å². The second-order valence-corrected chi connectivity index (χ2v) is 9.58. The molecule has 2 amide bonds. The molecule has 0 spiro atoms. The molecule has 4 nitrogen and oxygen atoms in total. The maximum Gasteiger partial charge on any atom is 0.243 e. The number of hydrogen-bond donors (Lipinski definition) is 1. The summed E-state index contributed by atoms with van der Waals surface area (Å²) in [4.78, 5) is 28.9. The average Bonchev–Trinajstić information content (AvgIpc) is 2.83. The van der Waals surface area contributed by atoms with Crippen LogP contribution in [0.2, 0.25) is 0 Å². The van der Waals surface area contributed by atoms with Crippen molar-refractivity contribution in [3.63, 3.8) is 0 Å². The highest BCUT2D eigenvalue weighted by Crippen LogP contribution is 2.18. The van der Waals surface area contributed by atoms with Crippen molar-refractivity contribution in [2.75, 3.05) is 6.54 Å². The topological polar surface area (TPSA) is 49.4 Å². The molecule has 3 aromatic carbocycles. The number of carbonyl (C=O) groups is 2. The third-order valence-corrected chi connectivity index (χ3v) is 6.33. The van der Waals surface area contributed by atoms with E-state index in [9.17, 15) is 9.59 Å². The molecule has 0 aromatic heterocycles. The highest BCUT2D eigenvalue weighted by molar-refractivity contribution is 9.10. The average molecular weight is 521 g/mol. The fourth-order valence-corrected chi connectivity index (χ4v) is 4.21. The van der Waals surface area contributed by atoms with Crippen molar-refractivity contribution in [2.45, 2.75) is 52.1 Å². The largest absolute Gasteiger partial charge is 0.354 e. The lowest BCUT2D eigenvalue weighted by Gasteiger charge is -2.32. The van der Waals surface area contributed by atoms with E-state index in [1.165, 1.54) is 0 Å². The number of unbranched alkanes of at least 4 members (excludes halogenated alkanes) is 1. The van der Waals surface area contributed by atoms with E-state index in [4.69, 9.17) is 0 Å². The van der Waals surface area contributed by atoms with Crippen LogP contribution in [0.15, 0.2) is 83.3 Å². The van der Waals surface area contributed by atoms with Crippen LogP contribution < -0.4 is 5.32 Å². The summed E-state index contributed by atoms with van der Waals surface area (Å²) >= 11 is 3.48. The smallest absolute Gasteiger partial charge is 0.243 e. The molecule has 1 atom stereocenters. The molecule has 178 valence electrons. The van der Waals surface area contributed by atoms with Crippen LogP contribution in [0.25, 0.3) is 0 Å². The molecule has 0 unspecified atom stereocenters. The Hall–Kier alpha value is -2.92. The van der Waals surface area contributed by atoms with Gasteiger partial charge in [-0.3, -0.25) is 9.59 Å². The first kappa shape index (κ1) is 25.7. The van der Waals surface area contributed by atoms with Crippen LogP contribution in [0.1, 0.15) is 42.0 Å². The van der Waals surface area contributed by atoms with Gasteiger partial charge in [0.15, 0.2) is 0 Å². The first-order valence-corrected chi connectivity index (χ1v) is 12.7. The zero-order chi connectivity index (χ0) is 24.3. The third kappa shape index (κ3) is 7.84. The van der Waals surface area contributed by atoms with Crippen molar-refractivity contribution in [1.29, 1.82) is 0 Å². The number of carbonyl (C=O) groups excluding carboxylic acids is 2. The first-order chi connectivity index (χ1) is 16.5. The Morgan fingerprint density at radius 3 is 2.29 bits per heavy atom. The van der Waals surface area contributed by atoms with E-state index in [0.717, 1.165) is 39.6 Å². The molecule has 34 heavy (non-hydrogen) atoms. The van der Waals surface area contributed by atoms with E-state index in [1.807, 2.05) is 85.8 Å². The molecule has 0 saturated heterocycles. The SMILES string of the molecule is CCCCNC(=O)[C@H](Cc1ccccc1)N(Cc1ccc(Br)cc1)C(=O)Cc1cccc(C)c1. The van der Waals surface area contributed by atoms with Crippen LogP contribution in [0.3, 0.4) is 0 Å². The van der Waals surface area contributed by atoms with Crippen LogP contribution in [0.5, 0.6) is 0 Å². The lowest BCUT2D eigenvalue weighted by atomic mass is 10.0. The minimum atomic E-state index is -0.597. The van der Waals surface area contributed by atoms with Crippen molar-refractivity contribution < 1.29 is 9.59 Å². The molecule has 0 aliphatic carbocycles. The quantitative estimate of drug-likeness (QED) is 0.322. The highest BCUT2D eigenvalue weighted by Gasteiger charge is 2.30. The standard InChI is InChI=1S/C29H33BrN2O2/c1-3-4-17-31-29(34)27(19-23-10-6-5-7-11-23)32(21-24-13-15-26(30)16-14-24)28(33)20-25-12-8-9-22(2)18-25/h5-16,18,27H,3-4,17,19-21H2,1-2H3,(H,31,34)/t27-/m0/s1. The molecular formula is C29H33BrN2O2. The Morgan fingerprint density at radius 2 is 1.62 bits per heavy atom. The number of halogens is 1. The Bertz CT molecular complexity index is 1070. The fraction of sp³-hybridized carbons (Fsp3) is 0.310. The number of nitrogens with one attached hydrogen (secondary N) is 1. The second-order valence-electron chi connectivity index (χ2n) is 8.66. The summed E-state index contributed by atoms with van der Waals surface area (Å²) in [6.07, 6.45) is 2.63. The van der Waals surface area contributed by atoms with Crippen molar-refractivity contribution in [3.8, 4) is 0 Å². The van der Waals surface area contributed by atoms with Crippen LogP contribution >= 0.6 is 15.9 Å². The molecule has 5 heteroatoms. The van der Waals surface area contributed by atoms with Gasteiger partial charge in [-0.2, -0.15) is 0 Å². The molecule has 0 fully saturated rings. The van der Waals surface area contributed by atoms with Crippen molar-refractivity contribution in [2.24, 2.45) is 0 Å². The Labute approximate surface area is 211 Å². The Kier molecular flexibility index (Phi) is 9.89. The molecule has 0 saturated carbocycles. The number of hydrogen-bond acceptors (Lipinski definition) is 2. The normalized spacial score (nSPS) is 11.6. The zero-order valence-electron chi connectivity index (χ0n) is 20.0. The summed E-state index contributed by atoms with van der Waals surface area (Å²) in [5, 5.41) is 3.07. The summed E-state index contributed by atoms with van der Waals surface area (Å²) in [6, 6.07) is 25.2. The first-order valence-electron chi connectivity index (χ1n) is 11.9. The predicted molar refractivity (Wildman–Crippen MR) is 141 cm³/mol. The second kappa shape index (κ2) is 13.1. The lowest BCUT2D eigenvalue weighted by Crippen LogP contribution is -2.51. The van der Waals surface area contributed by atoms with Gasteiger partial charge < -0.3 is 10.2 Å². The Morgan fingerprint density at radius 1 is 0.912 bits per heavy atom. The van der Waals surface area contributed by atoms with Gasteiger partial charge in [0.2, 0.25) is 11.8 Å². The number of rotatable bonds is 11. The fourth-order valence-electron chi connectivity index (χ4n) is 3.94. The molecule has 0 heterocycles. The maximum atomic E-state index is 13.7. The molecule has 0 radical (unpaired) electrons. The van der Waals surface area contributed by atoms with Gasteiger partial charge in [0.05, 0.1) is 6.42 Å². The summed E-state index contributed by atoms with van der Waals surface area (Å²) in [7, 11) is 0. The van der Waals surface area contributed by atoms with E-state index in [1.54, 1.807) is 4.90 Å². The predicted octanol–water partition coefficient (Wildman–Crippen LogP) is 5.86. The van der Waals surface area contributed by atoms with Crippen molar-refractivity contribution in [3.05, 3.63) is 106 Å². The van der Waals surface area contributed by atoms with E-state index in [-0.39, 0.29) is 18.2 Å². The lowest BCUT2D eigenvalue weighted by molar-refractivity contribution is -0.140. The summed E-state index contributed by atoms with van der Waals surface area (Å²) in [6.45, 7) is 5.10. The van der Waals surface area contributed by atoms with E-state index < -0.39 is 6.04 Å². The molecule has 0 aliphatic rings. The van der Waals surface area contributed by atoms with Gasteiger partial charge in [-0.05, 0) is 42.2 Å². The van der Waals surface area contributed by atoms with Gasteiger partial charge in [0.1, 0.15) is 6.04 Å². The van der Waals surface area contributed by atoms with Crippen LogP contribution in [-0.4, -0.2) is 29.3 Å². The van der Waals surface area contributed by atoms with E-state index in [0.29, 0.717) is 19.5 Å². The number of amides is 2. The molecule has 0 aliphatic heterocycles. The van der Waals surface area contributed by atoms with Gasteiger partial charge in [0, 0.05) is 24.0 Å². The van der Waals surface area contributed by atoms with E-state index >= 15 is 0 Å². The van der Waals surface area contributed by atoms with Gasteiger partial charge in [-0.25, -0.2) is 0 Å². The third-order valence-electron chi connectivity index (χ3n) is 5.80. The molecule has 3 aromatic rings. The summed E-state index contributed by atoms with van der Waals surface area (Å²) in [5.74, 6) is -0.160. The molecule has 0 bridgehead atoms. The summed E-state index contributed by atoms with van der Waals surface area (Å²) < 4.78 is 0.979. The van der Waals surface area contributed by atoms with Gasteiger partial charge in [-0.1, -0.05) is 102 Å². The van der Waals surface area contributed by atoms with Gasteiger partial charge in [-0.15, -0.1) is 0 Å². The van der Waals surface area contributed by atoms with Crippen LogP contribution in [-0.2, 0) is 29.0 Å². The molecule has 1 N–H and O–H groups in total. The Balaban J connectivity index is 1.93. The monoisotopic (exact) mass is 520 g/mol. The highest BCUT2D eigenvalue weighted by atomic mass is 79.9. The summed E-state index contributed by atoms with van der Waals surface area (Å²) in [5.41, 5.74) is 4.08. The van der Waals surface area contributed by atoms with Crippen LogP contribution in [0.4, 0.5) is 0 Å². The molecular weight excluding hydrogens is 488 g/mol. The maximum absolute atomic E-state index is 13.7. The minimum absolute atomic E-state index is 0.0555. The van der Waals surface area contributed by atoms with Crippen molar-refractivity contribution >= 4 is 27.7 Å². The zero-order valence-corrected chi connectivity index (χ0v) is 21.6. The van der Waals surface area contributed by atoms with Gasteiger partial charge >= 0.3 is 0 Å².